The molecule has 0 bridgehead atoms. The number of imidazole rings is 1. The van der Waals surface area contributed by atoms with Crippen LogP contribution in [-0.2, 0) is 16.4 Å². The molecule has 0 aliphatic rings. The predicted molar refractivity (Wildman–Crippen MR) is 88.0 cm³/mol. The summed E-state index contributed by atoms with van der Waals surface area (Å²) in [5.74, 6) is 0.0600. The highest BCUT2D eigenvalue weighted by Crippen LogP contribution is 2.23. The van der Waals surface area contributed by atoms with Crippen molar-refractivity contribution >= 4 is 9.84 Å². The van der Waals surface area contributed by atoms with E-state index >= 15 is 0 Å². The van der Waals surface area contributed by atoms with Crippen molar-refractivity contribution in [2.24, 2.45) is 0 Å². The molecule has 3 rings (SSSR count). The zero-order valence-corrected chi connectivity index (χ0v) is 13.7. The maximum absolute atomic E-state index is 13.1. The Bertz CT molecular complexity index is 962. The molecule has 24 heavy (non-hydrogen) atoms. The number of benzene rings is 2. The normalized spacial score (nSPS) is 11.6. The summed E-state index contributed by atoms with van der Waals surface area (Å²) < 4.78 is 37.8. The highest BCUT2D eigenvalue weighted by Gasteiger charge is 2.12. The molecule has 7 heteroatoms. The highest BCUT2D eigenvalue weighted by atomic mass is 32.2. The summed E-state index contributed by atoms with van der Waals surface area (Å²) in [6, 6.07) is 12.2. The lowest BCUT2D eigenvalue weighted by molar-refractivity contribution is 0.269. The SMILES string of the molecule is CS(=O)(=O)c1ccc(-c2cn(-c3ccc(F)cc3)c(CO)n2)cc1. The number of aliphatic hydroxyl groups excluding tert-OH is 1. The number of hydrogen-bond acceptors (Lipinski definition) is 4. The number of aliphatic hydroxyl groups is 1. The van der Waals surface area contributed by atoms with Crippen LogP contribution in [0.5, 0.6) is 0 Å². The van der Waals surface area contributed by atoms with Gasteiger partial charge in [0.15, 0.2) is 9.84 Å². The largest absolute Gasteiger partial charge is 0.388 e. The van der Waals surface area contributed by atoms with Crippen LogP contribution in [0.1, 0.15) is 5.82 Å². The van der Waals surface area contributed by atoms with Crippen LogP contribution in [0, 0.1) is 5.82 Å². The zero-order valence-electron chi connectivity index (χ0n) is 12.8. The van der Waals surface area contributed by atoms with E-state index < -0.39 is 9.84 Å². The molecule has 1 aromatic heterocycles. The van der Waals surface area contributed by atoms with Crippen molar-refractivity contribution in [3.63, 3.8) is 0 Å². The second kappa shape index (κ2) is 6.18. The highest BCUT2D eigenvalue weighted by molar-refractivity contribution is 7.90. The first kappa shape index (κ1) is 16.4. The van der Waals surface area contributed by atoms with Crippen molar-refractivity contribution in [3.8, 4) is 16.9 Å². The molecule has 3 aromatic rings. The molecule has 0 atom stereocenters. The number of aromatic nitrogens is 2. The third-order valence-corrected chi connectivity index (χ3v) is 4.73. The van der Waals surface area contributed by atoms with E-state index in [9.17, 15) is 17.9 Å². The first-order valence-electron chi connectivity index (χ1n) is 7.14. The maximum atomic E-state index is 13.1. The van der Waals surface area contributed by atoms with Crippen LogP contribution in [0.2, 0.25) is 0 Å². The minimum absolute atomic E-state index is 0.228. The summed E-state index contributed by atoms with van der Waals surface area (Å²) in [5, 5.41) is 9.51. The van der Waals surface area contributed by atoms with Crippen molar-refractivity contribution in [1.82, 2.24) is 9.55 Å². The van der Waals surface area contributed by atoms with E-state index in [-0.39, 0.29) is 17.3 Å². The Balaban J connectivity index is 2.02. The van der Waals surface area contributed by atoms with Crippen LogP contribution >= 0.6 is 0 Å². The molecule has 124 valence electrons. The number of rotatable bonds is 4. The van der Waals surface area contributed by atoms with Crippen LogP contribution in [0.25, 0.3) is 16.9 Å². The molecule has 2 aromatic carbocycles. The molecular weight excluding hydrogens is 331 g/mol. The van der Waals surface area contributed by atoms with Gasteiger partial charge in [0.05, 0.1) is 10.6 Å². The molecule has 1 N–H and O–H groups in total. The summed E-state index contributed by atoms with van der Waals surface area (Å²) in [6.45, 7) is -0.279. The molecule has 5 nitrogen and oxygen atoms in total. The quantitative estimate of drug-likeness (QED) is 0.788. The summed E-state index contributed by atoms with van der Waals surface area (Å²) >= 11 is 0. The second-order valence-electron chi connectivity index (χ2n) is 5.34. The van der Waals surface area contributed by atoms with Crippen LogP contribution < -0.4 is 0 Å². The molecule has 0 fully saturated rings. The molecule has 0 saturated carbocycles. The Kier molecular flexibility index (Phi) is 4.21. The fourth-order valence-electron chi connectivity index (χ4n) is 2.37. The van der Waals surface area contributed by atoms with E-state index in [0.717, 1.165) is 11.8 Å². The first-order chi connectivity index (χ1) is 11.4. The molecule has 0 radical (unpaired) electrons. The van der Waals surface area contributed by atoms with Crippen molar-refractivity contribution in [3.05, 3.63) is 66.4 Å². The maximum Gasteiger partial charge on any atom is 0.175 e. The second-order valence-corrected chi connectivity index (χ2v) is 7.36. The van der Waals surface area contributed by atoms with E-state index in [1.807, 2.05) is 0 Å². The van der Waals surface area contributed by atoms with Crippen molar-refractivity contribution in [2.75, 3.05) is 6.26 Å². The van der Waals surface area contributed by atoms with Gasteiger partial charge in [0.1, 0.15) is 18.2 Å². The van der Waals surface area contributed by atoms with E-state index in [1.54, 1.807) is 35.0 Å². The van der Waals surface area contributed by atoms with Gasteiger partial charge in [0, 0.05) is 23.7 Å². The van der Waals surface area contributed by atoms with Gasteiger partial charge in [-0.25, -0.2) is 17.8 Å². The summed E-state index contributed by atoms with van der Waals surface area (Å²) in [5.41, 5.74) is 1.98. The standard InChI is InChI=1S/C17H15FN2O3S/c1-24(22,23)15-8-2-12(3-9-15)16-10-20(17(11-21)19-16)14-6-4-13(18)5-7-14/h2-10,21H,11H2,1H3. The van der Waals surface area contributed by atoms with Gasteiger partial charge in [-0.2, -0.15) is 0 Å². The molecule has 0 saturated heterocycles. The van der Waals surface area contributed by atoms with Crippen molar-refractivity contribution in [2.45, 2.75) is 11.5 Å². The Hall–Kier alpha value is -2.51. The van der Waals surface area contributed by atoms with Crippen LogP contribution in [0.3, 0.4) is 0 Å². The lowest BCUT2D eigenvalue weighted by Crippen LogP contribution is -1.99. The monoisotopic (exact) mass is 346 g/mol. The number of sulfone groups is 1. The van der Waals surface area contributed by atoms with Gasteiger partial charge in [-0.15, -0.1) is 0 Å². The number of nitrogens with zero attached hydrogens (tertiary/aromatic N) is 2. The molecule has 0 unspecified atom stereocenters. The average Bonchev–Trinajstić information content (AvgIpc) is 2.99. The van der Waals surface area contributed by atoms with E-state index in [4.69, 9.17) is 0 Å². The van der Waals surface area contributed by atoms with Crippen molar-refractivity contribution < 1.29 is 17.9 Å². The topological polar surface area (TPSA) is 72.2 Å². The predicted octanol–water partition coefficient (Wildman–Crippen LogP) is 2.57. The van der Waals surface area contributed by atoms with Gasteiger partial charge in [-0.3, -0.25) is 0 Å². The van der Waals surface area contributed by atoms with Crippen LogP contribution in [-0.4, -0.2) is 29.3 Å². The minimum atomic E-state index is -3.26. The lowest BCUT2D eigenvalue weighted by Gasteiger charge is -2.05. The third kappa shape index (κ3) is 3.22. The molecule has 0 spiro atoms. The smallest absolute Gasteiger partial charge is 0.175 e. The van der Waals surface area contributed by atoms with Gasteiger partial charge in [0.25, 0.3) is 0 Å². The summed E-state index contributed by atoms with van der Waals surface area (Å²) in [7, 11) is -3.26. The average molecular weight is 346 g/mol. The van der Waals surface area contributed by atoms with Crippen LogP contribution in [0.15, 0.2) is 59.6 Å². The number of hydrogen-bond donors (Lipinski definition) is 1. The van der Waals surface area contributed by atoms with Crippen molar-refractivity contribution in [1.29, 1.82) is 0 Å². The van der Waals surface area contributed by atoms with Gasteiger partial charge < -0.3 is 9.67 Å². The first-order valence-corrected chi connectivity index (χ1v) is 9.03. The molecule has 0 amide bonds. The zero-order chi connectivity index (χ0) is 17.3. The fourth-order valence-corrected chi connectivity index (χ4v) is 3.00. The van der Waals surface area contributed by atoms with Gasteiger partial charge >= 0.3 is 0 Å². The number of halogens is 1. The third-order valence-electron chi connectivity index (χ3n) is 3.60. The Morgan fingerprint density at radius 2 is 1.71 bits per heavy atom. The lowest BCUT2D eigenvalue weighted by atomic mass is 10.2. The molecular formula is C17H15FN2O3S. The summed E-state index contributed by atoms with van der Waals surface area (Å²) in [6.07, 6.45) is 2.86. The molecule has 0 aliphatic carbocycles. The van der Waals surface area contributed by atoms with E-state index in [1.165, 1.54) is 24.3 Å². The molecule has 0 aliphatic heterocycles. The van der Waals surface area contributed by atoms with Crippen LogP contribution in [0.4, 0.5) is 4.39 Å². The van der Waals surface area contributed by atoms with E-state index in [2.05, 4.69) is 4.98 Å². The molecule has 1 heterocycles. The van der Waals surface area contributed by atoms with Gasteiger partial charge in [-0.1, -0.05) is 12.1 Å². The minimum Gasteiger partial charge on any atom is -0.388 e. The van der Waals surface area contributed by atoms with Gasteiger partial charge in [-0.05, 0) is 36.4 Å². The Labute approximate surface area is 138 Å². The Morgan fingerprint density at radius 3 is 2.25 bits per heavy atom. The Morgan fingerprint density at radius 1 is 1.08 bits per heavy atom. The fraction of sp³-hybridized carbons (Fsp3) is 0.118. The summed E-state index contributed by atoms with van der Waals surface area (Å²) in [4.78, 5) is 4.59. The van der Waals surface area contributed by atoms with Gasteiger partial charge in [0.2, 0.25) is 0 Å². The van der Waals surface area contributed by atoms with E-state index in [0.29, 0.717) is 17.2 Å².